The standard InChI is InChI=1S/C16H20N2O3/c1-4-11(5-2)15-12(16(20)21)9-17-18(15)13-7-6-10(3)8-14(13)19/h6-9,11,19H,4-5H2,1-3H3,(H,20,21). The molecule has 1 aromatic carbocycles. The Hall–Kier alpha value is -2.30. The van der Waals surface area contributed by atoms with Gasteiger partial charge in [0.1, 0.15) is 17.0 Å². The van der Waals surface area contributed by atoms with Crippen molar-refractivity contribution in [3.63, 3.8) is 0 Å². The molecule has 0 atom stereocenters. The first-order valence-electron chi connectivity index (χ1n) is 7.10. The van der Waals surface area contributed by atoms with E-state index < -0.39 is 5.97 Å². The predicted molar refractivity (Wildman–Crippen MR) is 80.2 cm³/mol. The number of aromatic hydroxyl groups is 1. The highest BCUT2D eigenvalue weighted by Gasteiger charge is 2.24. The van der Waals surface area contributed by atoms with Crippen LogP contribution in [0.15, 0.2) is 24.4 Å². The molecule has 2 aromatic rings. The molecule has 0 saturated heterocycles. The van der Waals surface area contributed by atoms with Crippen LogP contribution < -0.4 is 0 Å². The molecule has 0 unspecified atom stereocenters. The number of phenolic OH excluding ortho intramolecular Hbond substituents is 1. The van der Waals surface area contributed by atoms with Crippen LogP contribution >= 0.6 is 0 Å². The van der Waals surface area contributed by atoms with Crippen LogP contribution in [0.5, 0.6) is 5.75 Å². The maximum Gasteiger partial charge on any atom is 0.339 e. The van der Waals surface area contributed by atoms with Gasteiger partial charge in [-0.05, 0) is 37.5 Å². The maximum absolute atomic E-state index is 11.4. The lowest BCUT2D eigenvalue weighted by atomic mass is 9.96. The average molecular weight is 288 g/mol. The minimum atomic E-state index is -0.991. The number of carboxylic acids is 1. The molecule has 5 nitrogen and oxygen atoms in total. The number of aryl methyl sites for hydroxylation is 1. The molecule has 0 fully saturated rings. The third kappa shape index (κ3) is 2.77. The summed E-state index contributed by atoms with van der Waals surface area (Å²) in [5, 5.41) is 23.7. The first-order chi connectivity index (χ1) is 9.99. The molecule has 5 heteroatoms. The summed E-state index contributed by atoms with van der Waals surface area (Å²) in [5.41, 5.74) is 2.29. The second-order valence-electron chi connectivity index (χ2n) is 5.17. The molecule has 0 saturated carbocycles. The molecule has 1 heterocycles. The smallest absolute Gasteiger partial charge is 0.339 e. The summed E-state index contributed by atoms with van der Waals surface area (Å²) in [4.78, 5) is 11.4. The first kappa shape index (κ1) is 15.1. The summed E-state index contributed by atoms with van der Waals surface area (Å²) >= 11 is 0. The van der Waals surface area contributed by atoms with Crippen molar-refractivity contribution >= 4 is 5.97 Å². The van der Waals surface area contributed by atoms with Gasteiger partial charge in [-0.15, -0.1) is 0 Å². The van der Waals surface area contributed by atoms with E-state index in [4.69, 9.17) is 0 Å². The Labute approximate surface area is 123 Å². The Morgan fingerprint density at radius 2 is 2.00 bits per heavy atom. The van der Waals surface area contributed by atoms with Gasteiger partial charge in [0.2, 0.25) is 0 Å². The SMILES string of the molecule is CCC(CC)c1c(C(=O)O)cnn1-c1ccc(C)cc1O. The van der Waals surface area contributed by atoms with Crippen molar-refractivity contribution in [1.29, 1.82) is 0 Å². The van der Waals surface area contributed by atoms with E-state index in [0.717, 1.165) is 18.4 Å². The van der Waals surface area contributed by atoms with Gasteiger partial charge in [-0.1, -0.05) is 19.9 Å². The molecular weight excluding hydrogens is 268 g/mol. The van der Waals surface area contributed by atoms with Gasteiger partial charge in [0.05, 0.1) is 11.9 Å². The van der Waals surface area contributed by atoms with Gasteiger partial charge in [-0.25, -0.2) is 9.48 Å². The highest BCUT2D eigenvalue weighted by Crippen LogP contribution is 2.31. The highest BCUT2D eigenvalue weighted by molar-refractivity contribution is 5.89. The van der Waals surface area contributed by atoms with E-state index in [1.165, 1.54) is 6.20 Å². The van der Waals surface area contributed by atoms with Crippen molar-refractivity contribution in [3.05, 3.63) is 41.2 Å². The van der Waals surface area contributed by atoms with Gasteiger partial charge in [-0.2, -0.15) is 5.10 Å². The molecule has 0 aliphatic carbocycles. The van der Waals surface area contributed by atoms with Gasteiger partial charge in [0.15, 0.2) is 0 Å². The van der Waals surface area contributed by atoms with Crippen molar-refractivity contribution in [3.8, 4) is 11.4 Å². The van der Waals surface area contributed by atoms with E-state index in [2.05, 4.69) is 5.10 Å². The van der Waals surface area contributed by atoms with Crippen molar-refractivity contribution in [1.82, 2.24) is 9.78 Å². The molecule has 2 rings (SSSR count). The number of rotatable bonds is 5. The number of hydrogen-bond donors (Lipinski definition) is 2. The summed E-state index contributed by atoms with van der Waals surface area (Å²) in [5.74, 6) is -0.809. The summed E-state index contributed by atoms with van der Waals surface area (Å²) in [6, 6.07) is 5.27. The minimum absolute atomic E-state index is 0.0827. The maximum atomic E-state index is 11.4. The topological polar surface area (TPSA) is 75.3 Å². The molecule has 1 aromatic heterocycles. The van der Waals surface area contributed by atoms with E-state index in [0.29, 0.717) is 11.4 Å². The predicted octanol–water partition coefficient (Wildman–Crippen LogP) is 3.49. The van der Waals surface area contributed by atoms with Crippen LogP contribution in [0.25, 0.3) is 5.69 Å². The Morgan fingerprint density at radius 1 is 1.33 bits per heavy atom. The molecule has 0 radical (unpaired) electrons. The number of phenols is 1. The van der Waals surface area contributed by atoms with Gasteiger partial charge >= 0.3 is 5.97 Å². The Bertz CT molecular complexity index is 658. The van der Waals surface area contributed by atoms with Crippen LogP contribution in [0, 0.1) is 6.92 Å². The second kappa shape index (κ2) is 5.99. The van der Waals surface area contributed by atoms with Crippen LogP contribution in [0.4, 0.5) is 0 Å². The molecule has 0 bridgehead atoms. The van der Waals surface area contributed by atoms with E-state index in [1.807, 2.05) is 26.8 Å². The highest BCUT2D eigenvalue weighted by atomic mass is 16.4. The average Bonchev–Trinajstić information content (AvgIpc) is 2.85. The molecule has 0 aliphatic heterocycles. The number of aromatic carboxylic acids is 1. The van der Waals surface area contributed by atoms with E-state index >= 15 is 0 Å². The van der Waals surface area contributed by atoms with Gasteiger partial charge < -0.3 is 10.2 Å². The van der Waals surface area contributed by atoms with Gasteiger partial charge in [0, 0.05) is 5.92 Å². The molecule has 21 heavy (non-hydrogen) atoms. The lowest BCUT2D eigenvalue weighted by molar-refractivity contribution is 0.0695. The zero-order chi connectivity index (χ0) is 15.6. The van der Waals surface area contributed by atoms with Crippen molar-refractivity contribution in [2.75, 3.05) is 0 Å². The quantitative estimate of drug-likeness (QED) is 0.883. The molecule has 0 amide bonds. The molecule has 2 N–H and O–H groups in total. The summed E-state index contributed by atoms with van der Waals surface area (Å²) in [6.45, 7) is 5.93. The fourth-order valence-corrected chi connectivity index (χ4v) is 2.60. The lowest BCUT2D eigenvalue weighted by Gasteiger charge is -2.17. The zero-order valence-electron chi connectivity index (χ0n) is 12.5. The lowest BCUT2D eigenvalue weighted by Crippen LogP contribution is -2.11. The van der Waals surface area contributed by atoms with E-state index in [-0.39, 0.29) is 17.2 Å². The first-order valence-corrected chi connectivity index (χ1v) is 7.10. The monoisotopic (exact) mass is 288 g/mol. The number of benzene rings is 1. The summed E-state index contributed by atoms with van der Waals surface area (Å²) in [6.07, 6.45) is 2.99. The Balaban J connectivity index is 2.66. The Morgan fingerprint density at radius 3 is 2.52 bits per heavy atom. The zero-order valence-corrected chi connectivity index (χ0v) is 12.5. The van der Waals surface area contributed by atoms with Gasteiger partial charge in [-0.3, -0.25) is 0 Å². The summed E-state index contributed by atoms with van der Waals surface area (Å²) < 4.78 is 1.55. The Kier molecular flexibility index (Phi) is 4.31. The number of carboxylic acid groups (broad SMARTS) is 1. The van der Waals surface area contributed by atoms with Crippen molar-refractivity contribution in [2.45, 2.75) is 39.5 Å². The van der Waals surface area contributed by atoms with Crippen LogP contribution in [0.1, 0.15) is 54.2 Å². The van der Waals surface area contributed by atoms with Crippen LogP contribution in [0.3, 0.4) is 0 Å². The number of carbonyl (C=O) groups is 1. The fourth-order valence-electron chi connectivity index (χ4n) is 2.60. The third-order valence-electron chi connectivity index (χ3n) is 3.77. The van der Waals surface area contributed by atoms with E-state index in [9.17, 15) is 15.0 Å². The number of hydrogen-bond acceptors (Lipinski definition) is 3. The van der Waals surface area contributed by atoms with Crippen LogP contribution in [-0.2, 0) is 0 Å². The molecule has 0 spiro atoms. The van der Waals surface area contributed by atoms with Crippen molar-refractivity contribution in [2.24, 2.45) is 0 Å². The van der Waals surface area contributed by atoms with Gasteiger partial charge in [0.25, 0.3) is 0 Å². The van der Waals surface area contributed by atoms with E-state index in [1.54, 1.807) is 16.8 Å². The van der Waals surface area contributed by atoms with Crippen LogP contribution in [-0.4, -0.2) is 26.0 Å². The minimum Gasteiger partial charge on any atom is -0.506 e. The largest absolute Gasteiger partial charge is 0.506 e. The molecule has 112 valence electrons. The second-order valence-corrected chi connectivity index (χ2v) is 5.17. The molecular formula is C16H20N2O3. The summed E-state index contributed by atoms with van der Waals surface area (Å²) in [7, 11) is 0. The van der Waals surface area contributed by atoms with Crippen LogP contribution in [0.2, 0.25) is 0 Å². The third-order valence-corrected chi connectivity index (χ3v) is 3.77. The molecule has 0 aliphatic rings. The van der Waals surface area contributed by atoms with Crippen molar-refractivity contribution < 1.29 is 15.0 Å². The normalized spacial score (nSPS) is 11.0. The fraction of sp³-hybridized carbons (Fsp3) is 0.375. The number of nitrogens with zero attached hydrogens (tertiary/aromatic N) is 2. The number of aromatic nitrogens is 2.